The van der Waals surface area contributed by atoms with Crippen LogP contribution in [0.3, 0.4) is 0 Å². The van der Waals surface area contributed by atoms with E-state index in [9.17, 15) is 4.79 Å². The Morgan fingerprint density at radius 3 is 2.81 bits per heavy atom. The number of pyridine rings is 1. The molecule has 0 bridgehead atoms. The average Bonchev–Trinajstić information content (AvgIpc) is 3.07. The highest BCUT2D eigenvalue weighted by Gasteiger charge is 2.26. The van der Waals surface area contributed by atoms with Crippen molar-refractivity contribution in [3.8, 4) is 0 Å². The third-order valence-corrected chi connectivity index (χ3v) is 5.97. The van der Waals surface area contributed by atoms with Crippen molar-refractivity contribution in [2.75, 3.05) is 23.3 Å². The predicted molar refractivity (Wildman–Crippen MR) is 107 cm³/mol. The topological polar surface area (TPSA) is 58.1 Å². The van der Waals surface area contributed by atoms with E-state index in [4.69, 9.17) is 16.6 Å². The number of hydrogen-bond acceptors (Lipinski definition) is 5. The van der Waals surface area contributed by atoms with Gasteiger partial charge in [0.25, 0.3) is 0 Å². The molecule has 1 amide bonds. The van der Waals surface area contributed by atoms with Crippen LogP contribution in [-0.4, -0.2) is 29.0 Å². The number of nitrogens with zero attached hydrogens (tertiary/aromatic N) is 3. The maximum Gasteiger partial charge on any atom is 0.227 e. The minimum Gasteiger partial charge on any atom is -0.348 e. The van der Waals surface area contributed by atoms with Gasteiger partial charge >= 0.3 is 0 Å². The van der Waals surface area contributed by atoms with Crippen molar-refractivity contribution < 1.29 is 4.79 Å². The minimum absolute atomic E-state index is 0.0125. The molecular weight excluding hydrogens is 368 g/mol. The van der Waals surface area contributed by atoms with Crippen molar-refractivity contribution in [3.63, 3.8) is 0 Å². The average molecular weight is 387 g/mol. The molecule has 5 nitrogen and oxygen atoms in total. The maximum absolute atomic E-state index is 12.5. The number of fused-ring (bicyclic) bond motifs is 1. The van der Waals surface area contributed by atoms with E-state index in [1.54, 1.807) is 29.7 Å². The van der Waals surface area contributed by atoms with Gasteiger partial charge in [-0.15, -0.1) is 0 Å². The van der Waals surface area contributed by atoms with Gasteiger partial charge in [0.05, 0.1) is 22.1 Å². The summed E-state index contributed by atoms with van der Waals surface area (Å²) in [7, 11) is 0. The summed E-state index contributed by atoms with van der Waals surface area (Å²) in [4.78, 5) is 23.5. The van der Waals surface area contributed by atoms with Gasteiger partial charge in [-0.25, -0.2) is 9.97 Å². The smallest absolute Gasteiger partial charge is 0.227 e. The molecule has 7 heteroatoms. The van der Waals surface area contributed by atoms with Crippen molar-refractivity contribution >= 4 is 49.9 Å². The lowest BCUT2D eigenvalue weighted by atomic mass is 9.96. The lowest BCUT2D eigenvalue weighted by Crippen LogP contribution is -2.38. The summed E-state index contributed by atoms with van der Waals surface area (Å²) in [5.74, 6) is 0.0623. The Morgan fingerprint density at radius 2 is 2.08 bits per heavy atom. The van der Waals surface area contributed by atoms with Gasteiger partial charge in [-0.1, -0.05) is 29.0 Å². The van der Waals surface area contributed by atoms with Crippen molar-refractivity contribution in [1.82, 2.24) is 9.97 Å². The fraction of sp³-hybridized carbons (Fsp3) is 0.316. The van der Waals surface area contributed by atoms with E-state index in [1.807, 2.05) is 0 Å². The summed E-state index contributed by atoms with van der Waals surface area (Å²) in [6, 6.07) is 9.79. The van der Waals surface area contributed by atoms with Crippen LogP contribution in [0.25, 0.3) is 10.2 Å². The molecular formula is C19H19ClN4OS. The number of benzene rings is 1. The number of rotatable bonds is 3. The van der Waals surface area contributed by atoms with Crippen LogP contribution in [0, 0.1) is 12.8 Å². The molecule has 0 unspecified atom stereocenters. The summed E-state index contributed by atoms with van der Waals surface area (Å²) in [6.45, 7) is 3.78. The second kappa shape index (κ2) is 7.21. The van der Waals surface area contributed by atoms with Gasteiger partial charge in [-0.3, -0.25) is 4.79 Å². The van der Waals surface area contributed by atoms with Gasteiger partial charge < -0.3 is 10.2 Å². The highest BCUT2D eigenvalue weighted by molar-refractivity contribution is 7.22. The van der Waals surface area contributed by atoms with Crippen molar-refractivity contribution in [2.45, 2.75) is 19.8 Å². The number of nitrogens with one attached hydrogen (secondary N) is 1. The first-order valence-electron chi connectivity index (χ1n) is 8.63. The summed E-state index contributed by atoms with van der Waals surface area (Å²) >= 11 is 7.50. The molecule has 0 radical (unpaired) electrons. The van der Waals surface area contributed by atoms with Gasteiger partial charge in [-0.05, 0) is 49.6 Å². The SMILES string of the molecule is Cc1ccc2nc(N3CCC(C(=O)Nc4ccc(Cl)nc4)CC3)sc2c1. The van der Waals surface area contributed by atoms with E-state index < -0.39 is 0 Å². The standard InChI is InChI=1S/C19H19ClN4OS/c1-12-2-4-15-16(10-12)26-19(23-15)24-8-6-13(7-9-24)18(25)22-14-3-5-17(20)21-11-14/h2-5,10-11,13H,6-9H2,1H3,(H,22,25). The van der Waals surface area contributed by atoms with Crippen LogP contribution in [0.4, 0.5) is 10.8 Å². The van der Waals surface area contributed by atoms with Crippen LogP contribution >= 0.6 is 22.9 Å². The zero-order valence-electron chi connectivity index (χ0n) is 14.4. The fourth-order valence-corrected chi connectivity index (χ4v) is 4.41. The van der Waals surface area contributed by atoms with Crippen LogP contribution < -0.4 is 10.2 Å². The number of carbonyl (C=O) groups excluding carboxylic acids is 1. The normalized spacial score (nSPS) is 15.4. The number of aromatic nitrogens is 2. The first-order chi connectivity index (χ1) is 12.6. The van der Waals surface area contributed by atoms with Crippen LogP contribution in [-0.2, 0) is 4.79 Å². The molecule has 1 saturated heterocycles. The van der Waals surface area contributed by atoms with E-state index in [0.717, 1.165) is 36.6 Å². The van der Waals surface area contributed by atoms with Gasteiger partial charge in [0, 0.05) is 19.0 Å². The van der Waals surface area contributed by atoms with Gasteiger partial charge in [0.1, 0.15) is 5.15 Å². The number of aryl methyl sites for hydroxylation is 1. The molecule has 0 aliphatic carbocycles. The Balaban J connectivity index is 1.38. The molecule has 4 rings (SSSR count). The highest BCUT2D eigenvalue weighted by atomic mass is 35.5. The quantitative estimate of drug-likeness (QED) is 0.673. The summed E-state index contributed by atoms with van der Waals surface area (Å²) in [5.41, 5.74) is 2.98. The van der Waals surface area contributed by atoms with Crippen molar-refractivity contribution in [2.24, 2.45) is 5.92 Å². The first-order valence-corrected chi connectivity index (χ1v) is 9.82. The number of carbonyl (C=O) groups is 1. The minimum atomic E-state index is 0.0125. The molecule has 1 aliphatic heterocycles. The number of thiazole rings is 1. The number of halogens is 1. The van der Waals surface area contributed by atoms with Crippen molar-refractivity contribution in [3.05, 3.63) is 47.2 Å². The number of hydrogen-bond donors (Lipinski definition) is 1. The Hall–Kier alpha value is -2.18. The lowest BCUT2D eigenvalue weighted by molar-refractivity contribution is -0.120. The zero-order valence-corrected chi connectivity index (χ0v) is 16.0. The van der Waals surface area contributed by atoms with E-state index in [0.29, 0.717) is 10.8 Å². The molecule has 1 fully saturated rings. The molecule has 0 spiro atoms. The molecule has 0 saturated carbocycles. The monoisotopic (exact) mass is 386 g/mol. The Morgan fingerprint density at radius 1 is 1.27 bits per heavy atom. The molecule has 134 valence electrons. The first kappa shape index (κ1) is 17.2. The van der Waals surface area contributed by atoms with Crippen LogP contribution in [0.15, 0.2) is 36.5 Å². The molecule has 3 aromatic rings. The molecule has 26 heavy (non-hydrogen) atoms. The molecule has 2 aromatic heterocycles. The summed E-state index contributed by atoms with van der Waals surface area (Å²) < 4.78 is 1.22. The van der Waals surface area contributed by atoms with Gasteiger partial charge in [0.15, 0.2) is 5.13 Å². The molecule has 1 N–H and O–H groups in total. The number of amides is 1. The summed E-state index contributed by atoms with van der Waals surface area (Å²) in [6.07, 6.45) is 3.22. The Kier molecular flexibility index (Phi) is 4.78. The molecule has 1 aliphatic rings. The van der Waals surface area contributed by atoms with E-state index in [-0.39, 0.29) is 11.8 Å². The van der Waals surface area contributed by atoms with Gasteiger partial charge in [-0.2, -0.15) is 0 Å². The third kappa shape index (κ3) is 3.66. The van der Waals surface area contributed by atoms with E-state index in [2.05, 4.69) is 40.3 Å². The number of piperidine rings is 1. The highest BCUT2D eigenvalue weighted by Crippen LogP contribution is 2.32. The van der Waals surface area contributed by atoms with Crippen LogP contribution in [0.1, 0.15) is 18.4 Å². The Labute approximate surface area is 161 Å². The Bertz CT molecular complexity index is 932. The molecule has 3 heterocycles. The largest absolute Gasteiger partial charge is 0.348 e. The summed E-state index contributed by atoms with van der Waals surface area (Å²) in [5, 5.41) is 4.40. The van der Waals surface area contributed by atoms with Gasteiger partial charge in [0.2, 0.25) is 5.91 Å². The fourth-order valence-electron chi connectivity index (χ4n) is 3.18. The second-order valence-electron chi connectivity index (χ2n) is 6.59. The van der Waals surface area contributed by atoms with Crippen LogP contribution in [0.5, 0.6) is 0 Å². The van der Waals surface area contributed by atoms with Crippen molar-refractivity contribution in [1.29, 1.82) is 0 Å². The maximum atomic E-state index is 12.5. The number of anilines is 2. The molecule has 1 aromatic carbocycles. The van der Waals surface area contributed by atoms with E-state index in [1.165, 1.54) is 10.3 Å². The lowest BCUT2D eigenvalue weighted by Gasteiger charge is -2.31. The second-order valence-corrected chi connectivity index (χ2v) is 7.98. The van der Waals surface area contributed by atoms with Crippen LogP contribution in [0.2, 0.25) is 5.15 Å². The molecule has 0 atom stereocenters. The third-order valence-electron chi connectivity index (χ3n) is 4.66. The zero-order chi connectivity index (χ0) is 18.1. The predicted octanol–water partition coefficient (Wildman–Crippen LogP) is 4.51. The van der Waals surface area contributed by atoms with E-state index >= 15 is 0 Å².